The van der Waals surface area contributed by atoms with Crippen molar-refractivity contribution >= 4 is 23.2 Å². The lowest BCUT2D eigenvalue weighted by molar-refractivity contribution is 0.0664. The Hall–Kier alpha value is -2.18. The first-order chi connectivity index (χ1) is 12.6. The highest BCUT2D eigenvalue weighted by Crippen LogP contribution is 2.28. The number of hydrogen-bond donors (Lipinski definition) is 1. The Kier molecular flexibility index (Phi) is 6.06. The lowest BCUT2D eigenvalue weighted by atomic mass is 10.1. The molecule has 138 valence electrons. The third kappa shape index (κ3) is 4.31. The highest BCUT2D eigenvalue weighted by molar-refractivity contribution is 7.17. The highest BCUT2D eigenvalue weighted by atomic mass is 32.1. The number of hydrogen-bond acceptors (Lipinski definition) is 4. The van der Waals surface area contributed by atoms with Gasteiger partial charge in [0.15, 0.2) is 0 Å². The summed E-state index contributed by atoms with van der Waals surface area (Å²) in [6.07, 6.45) is 0.923. The second-order valence-electron chi connectivity index (χ2n) is 6.59. The van der Waals surface area contributed by atoms with E-state index < -0.39 is 0 Å². The Balaban J connectivity index is 1.67. The van der Waals surface area contributed by atoms with E-state index in [9.17, 15) is 9.59 Å². The zero-order valence-electron chi connectivity index (χ0n) is 15.3. The second-order valence-corrected chi connectivity index (χ2v) is 7.68. The number of nitrogens with zero attached hydrogens (tertiary/aromatic N) is 2. The molecule has 2 aromatic rings. The van der Waals surface area contributed by atoms with Crippen LogP contribution in [0.4, 0.5) is 0 Å². The van der Waals surface area contributed by atoms with Gasteiger partial charge in [-0.2, -0.15) is 0 Å². The summed E-state index contributed by atoms with van der Waals surface area (Å²) < 4.78 is 0. The molecule has 0 radical (unpaired) electrons. The van der Waals surface area contributed by atoms with Crippen molar-refractivity contribution in [1.29, 1.82) is 0 Å². The van der Waals surface area contributed by atoms with Crippen LogP contribution in [0.15, 0.2) is 36.4 Å². The molecule has 1 aliphatic rings. The molecule has 2 heterocycles. The first-order valence-corrected chi connectivity index (χ1v) is 9.86. The van der Waals surface area contributed by atoms with Crippen molar-refractivity contribution in [2.24, 2.45) is 0 Å². The summed E-state index contributed by atoms with van der Waals surface area (Å²) in [5.41, 5.74) is 1.75. The molecule has 3 rings (SSSR count). The Labute approximate surface area is 158 Å². The minimum atomic E-state index is -0.0232. The predicted octanol–water partition coefficient (Wildman–Crippen LogP) is 2.94. The molecule has 6 heteroatoms. The Morgan fingerprint density at radius 3 is 2.38 bits per heavy atom. The first-order valence-electron chi connectivity index (χ1n) is 9.04. The number of nitrogens with one attached hydrogen (secondary N) is 1. The molecule has 1 N–H and O–H groups in total. The fourth-order valence-corrected chi connectivity index (χ4v) is 3.84. The van der Waals surface area contributed by atoms with Crippen LogP contribution in [0.25, 0.3) is 10.4 Å². The fraction of sp³-hybridized carbons (Fsp3) is 0.400. The average Bonchev–Trinajstić information content (AvgIpc) is 3.16. The third-order valence-electron chi connectivity index (χ3n) is 4.57. The van der Waals surface area contributed by atoms with Gasteiger partial charge in [0, 0.05) is 43.2 Å². The van der Waals surface area contributed by atoms with Gasteiger partial charge in [-0.05, 0) is 43.3 Å². The van der Waals surface area contributed by atoms with Gasteiger partial charge in [0.1, 0.15) is 0 Å². The summed E-state index contributed by atoms with van der Waals surface area (Å²) >= 11 is 1.47. The predicted molar refractivity (Wildman–Crippen MR) is 106 cm³/mol. The van der Waals surface area contributed by atoms with Crippen LogP contribution in [0.3, 0.4) is 0 Å². The number of benzene rings is 1. The van der Waals surface area contributed by atoms with E-state index >= 15 is 0 Å². The van der Waals surface area contributed by atoms with Crippen molar-refractivity contribution in [1.82, 2.24) is 15.1 Å². The maximum Gasteiger partial charge on any atom is 0.261 e. The van der Waals surface area contributed by atoms with Crippen LogP contribution in [0, 0.1) is 0 Å². The van der Waals surface area contributed by atoms with Crippen LogP contribution in [0.1, 0.15) is 33.4 Å². The molecule has 0 atom stereocenters. The standard InChI is InChI=1S/C20H25N3O2S/c1-3-10-21-19(24)18-9-8-17(26-18)15-4-6-16(7-5-15)20(25)23-13-11-22(2)12-14-23/h4-9H,3,10-14H2,1-2H3,(H,21,24). The molecule has 1 saturated heterocycles. The van der Waals surface area contributed by atoms with Crippen LogP contribution in [0.2, 0.25) is 0 Å². The molecule has 0 bridgehead atoms. The van der Waals surface area contributed by atoms with Crippen LogP contribution < -0.4 is 5.32 Å². The van der Waals surface area contributed by atoms with Crippen LogP contribution in [-0.4, -0.2) is 61.4 Å². The van der Waals surface area contributed by atoms with Gasteiger partial charge in [-0.1, -0.05) is 19.1 Å². The average molecular weight is 372 g/mol. The number of carbonyl (C=O) groups excluding carboxylic acids is 2. The summed E-state index contributed by atoms with van der Waals surface area (Å²) in [4.78, 5) is 30.5. The Morgan fingerprint density at radius 1 is 1.04 bits per heavy atom. The fourth-order valence-electron chi connectivity index (χ4n) is 2.91. The van der Waals surface area contributed by atoms with Gasteiger partial charge in [0.05, 0.1) is 4.88 Å². The molecule has 5 nitrogen and oxygen atoms in total. The summed E-state index contributed by atoms with van der Waals surface area (Å²) in [6.45, 7) is 6.11. The van der Waals surface area contributed by atoms with E-state index in [-0.39, 0.29) is 11.8 Å². The molecule has 0 spiro atoms. The van der Waals surface area contributed by atoms with E-state index in [1.54, 1.807) is 0 Å². The van der Waals surface area contributed by atoms with E-state index in [0.717, 1.165) is 48.6 Å². The van der Waals surface area contributed by atoms with E-state index in [1.165, 1.54) is 11.3 Å². The minimum absolute atomic E-state index is 0.0232. The largest absolute Gasteiger partial charge is 0.351 e. The number of piperazine rings is 1. The van der Waals surface area contributed by atoms with Crippen molar-refractivity contribution in [3.8, 4) is 10.4 Å². The Morgan fingerprint density at radius 2 is 1.73 bits per heavy atom. The monoisotopic (exact) mass is 371 g/mol. The number of rotatable bonds is 5. The van der Waals surface area contributed by atoms with Crippen LogP contribution >= 0.6 is 11.3 Å². The van der Waals surface area contributed by atoms with Gasteiger partial charge in [-0.3, -0.25) is 9.59 Å². The van der Waals surface area contributed by atoms with E-state index in [2.05, 4.69) is 17.3 Å². The Bertz CT molecular complexity index is 762. The molecule has 1 fully saturated rings. The van der Waals surface area contributed by atoms with Crippen molar-refractivity contribution < 1.29 is 9.59 Å². The van der Waals surface area contributed by atoms with Gasteiger partial charge in [-0.15, -0.1) is 11.3 Å². The summed E-state index contributed by atoms with van der Waals surface area (Å²) in [5.74, 6) is 0.0698. The zero-order chi connectivity index (χ0) is 18.5. The number of thiophene rings is 1. The van der Waals surface area contributed by atoms with Crippen molar-refractivity contribution in [2.45, 2.75) is 13.3 Å². The molecule has 2 amide bonds. The molecular formula is C20H25N3O2S. The van der Waals surface area contributed by atoms with Crippen molar-refractivity contribution in [2.75, 3.05) is 39.8 Å². The maximum absolute atomic E-state index is 12.6. The zero-order valence-corrected chi connectivity index (χ0v) is 16.1. The first kappa shape index (κ1) is 18.6. The summed E-state index contributed by atoms with van der Waals surface area (Å²) in [5, 5.41) is 2.89. The third-order valence-corrected chi connectivity index (χ3v) is 5.71. The molecule has 1 aromatic carbocycles. The van der Waals surface area contributed by atoms with Gasteiger partial charge in [-0.25, -0.2) is 0 Å². The molecule has 1 aliphatic heterocycles. The van der Waals surface area contributed by atoms with E-state index in [4.69, 9.17) is 0 Å². The molecule has 1 aromatic heterocycles. The number of likely N-dealkylation sites (N-methyl/N-ethyl adjacent to an activating group) is 1. The lowest BCUT2D eigenvalue weighted by Crippen LogP contribution is -2.47. The lowest BCUT2D eigenvalue weighted by Gasteiger charge is -2.32. The smallest absolute Gasteiger partial charge is 0.261 e. The van der Waals surface area contributed by atoms with Gasteiger partial charge in [0.2, 0.25) is 0 Å². The van der Waals surface area contributed by atoms with Gasteiger partial charge >= 0.3 is 0 Å². The SMILES string of the molecule is CCCNC(=O)c1ccc(-c2ccc(C(=O)N3CCN(C)CC3)cc2)s1. The van der Waals surface area contributed by atoms with Crippen molar-refractivity contribution in [3.63, 3.8) is 0 Å². The van der Waals surface area contributed by atoms with E-state index in [1.807, 2.05) is 48.2 Å². The second kappa shape index (κ2) is 8.47. The normalized spacial score (nSPS) is 15.1. The van der Waals surface area contributed by atoms with Crippen LogP contribution in [-0.2, 0) is 0 Å². The molecule has 0 unspecified atom stereocenters. The molecule has 26 heavy (non-hydrogen) atoms. The van der Waals surface area contributed by atoms with Crippen molar-refractivity contribution in [3.05, 3.63) is 46.8 Å². The number of amides is 2. The minimum Gasteiger partial charge on any atom is -0.351 e. The van der Waals surface area contributed by atoms with E-state index in [0.29, 0.717) is 11.4 Å². The van der Waals surface area contributed by atoms with Gasteiger partial charge < -0.3 is 15.1 Å². The maximum atomic E-state index is 12.6. The molecular weight excluding hydrogens is 346 g/mol. The quantitative estimate of drug-likeness (QED) is 0.879. The molecule has 0 aliphatic carbocycles. The topological polar surface area (TPSA) is 52.7 Å². The number of carbonyl (C=O) groups is 2. The summed E-state index contributed by atoms with van der Waals surface area (Å²) in [7, 11) is 2.08. The van der Waals surface area contributed by atoms with Gasteiger partial charge in [0.25, 0.3) is 11.8 Å². The summed E-state index contributed by atoms with van der Waals surface area (Å²) in [6, 6.07) is 11.5. The molecule has 0 saturated carbocycles. The highest BCUT2D eigenvalue weighted by Gasteiger charge is 2.20. The van der Waals surface area contributed by atoms with Crippen LogP contribution in [0.5, 0.6) is 0 Å².